The number of hydrogen-bond donors (Lipinski definition) is 2. The van der Waals surface area contributed by atoms with Crippen molar-refractivity contribution in [1.82, 2.24) is 9.97 Å². The third kappa shape index (κ3) is 3.33. The molecule has 3 N–H and O–H groups in total. The molecule has 1 aromatic carbocycles. The van der Waals surface area contributed by atoms with Gasteiger partial charge in [0.1, 0.15) is 11.4 Å². The molecule has 100 valence electrons. The molecule has 1 aromatic heterocycles. The van der Waals surface area contributed by atoms with Gasteiger partial charge in [-0.05, 0) is 42.6 Å². The molecule has 0 saturated carbocycles. The summed E-state index contributed by atoms with van der Waals surface area (Å²) in [5.41, 5.74) is 7.80. The van der Waals surface area contributed by atoms with Gasteiger partial charge in [0.25, 0.3) is 0 Å². The molecule has 0 aliphatic carbocycles. The molecule has 0 bridgehead atoms. The number of hydrogen-bond acceptors (Lipinski definition) is 5. The summed E-state index contributed by atoms with van der Waals surface area (Å²) in [7, 11) is 0. The summed E-state index contributed by atoms with van der Waals surface area (Å²) in [5, 5.41) is 8.94. The molecule has 0 saturated heterocycles. The molecule has 19 heavy (non-hydrogen) atoms. The SMILES string of the molecule is Cc1nc(Cl)nc(Oc2ccc(CCO)cc2)c1N. The van der Waals surface area contributed by atoms with Crippen LogP contribution in [0.15, 0.2) is 24.3 Å². The van der Waals surface area contributed by atoms with Crippen LogP contribution in [0.2, 0.25) is 5.28 Å². The van der Waals surface area contributed by atoms with Crippen molar-refractivity contribution in [2.45, 2.75) is 13.3 Å². The average molecular weight is 280 g/mol. The number of nitrogens with zero attached hydrogens (tertiary/aromatic N) is 2. The van der Waals surface area contributed by atoms with Crippen LogP contribution in [-0.2, 0) is 6.42 Å². The van der Waals surface area contributed by atoms with E-state index in [0.29, 0.717) is 23.6 Å². The summed E-state index contributed by atoms with van der Waals surface area (Å²) >= 11 is 5.77. The topological polar surface area (TPSA) is 81.3 Å². The molecule has 5 nitrogen and oxygen atoms in total. The van der Waals surface area contributed by atoms with Gasteiger partial charge in [-0.3, -0.25) is 0 Å². The predicted molar refractivity (Wildman–Crippen MR) is 73.5 cm³/mol. The summed E-state index contributed by atoms with van der Waals surface area (Å²) in [6.07, 6.45) is 0.612. The van der Waals surface area contributed by atoms with Crippen molar-refractivity contribution >= 4 is 17.3 Å². The Morgan fingerprint density at radius 1 is 1.26 bits per heavy atom. The lowest BCUT2D eigenvalue weighted by molar-refractivity contribution is 0.299. The van der Waals surface area contributed by atoms with Gasteiger partial charge in [0.15, 0.2) is 0 Å². The maximum atomic E-state index is 8.84. The van der Waals surface area contributed by atoms with Crippen LogP contribution in [0, 0.1) is 6.92 Å². The Labute approximate surface area is 116 Å². The Balaban J connectivity index is 2.21. The molecule has 0 aliphatic rings. The van der Waals surface area contributed by atoms with E-state index in [-0.39, 0.29) is 17.8 Å². The van der Waals surface area contributed by atoms with E-state index < -0.39 is 0 Å². The van der Waals surface area contributed by atoms with Crippen LogP contribution in [-0.4, -0.2) is 21.7 Å². The van der Waals surface area contributed by atoms with Crippen molar-refractivity contribution < 1.29 is 9.84 Å². The second-order valence-electron chi connectivity index (χ2n) is 4.02. The largest absolute Gasteiger partial charge is 0.437 e. The van der Waals surface area contributed by atoms with E-state index in [0.717, 1.165) is 5.56 Å². The van der Waals surface area contributed by atoms with Crippen LogP contribution in [0.1, 0.15) is 11.3 Å². The van der Waals surface area contributed by atoms with Gasteiger partial charge in [0.2, 0.25) is 11.2 Å². The lowest BCUT2D eigenvalue weighted by Gasteiger charge is -2.09. The van der Waals surface area contributed by atoms with Gasteiger partial charge in [-0.25, -0.2) is 4.98 Å². The lowest BCUT2D eigenvalue weighted by atomic mass is 10.1. The van der Waals surface area contributed by atoms with Crippen molar-refractivity contribution in [2.24, 2.45) is 0 Å². The fourth-order valence-corrected chi connectivity index (χ4v) is 1.77. The number of anilines is 1. The Morgan fingerprint density at radius 2 is 1.95 bits per heavy atom. The van der Waals surface area contributed by atoms with Crippen molar-refractivity contribution in [1.29, 1.82) is 0 Å². The highest BCUT2D eigenvalue weighted by Crippen LogP contribution is 2.28. The molecule has 6 heteroatoms. The monoisotopic (exact) mass is 279 g/mol. The van der Waals surface area contributed by atoms with E-state index in [1.54, 1.807) is 19.1 Å². The zero-order valence-electron chi connectivity index (χ0n) is 10.4. The Bertz CT molecular complexity index is 573. The maximum Gasteiger partial charge on any atom is 0.247 e. The zero-order valence-corrected chi connectivity index (χ0v) is 11.2. The van der Waals surface area contributed by atoms with Crippen molar-refractivity contribution in [3.05, 3.63) is 40.8 Å². The summed E-state index contributed by atoms with van der Waals surface area (Å²) in [6, 6.07) is 7.32. The van der Waals surface area contributed by atoms with Crippen LogP contribution < -0.4 is 10.5 Å². The first kappa shape index (κ1) is 13.6. The van der Waals surface area contributed by atoms with Crippen LogP contribution in [0.25, 0.3) is 0 Å². The second-order valence-corrected chi connectivity index (χ2v) is 4.35. The first-order valence-electron chi connectivity index (χ1n) is 5.77. The fraction of sp³-hybridized carbons (Fsp3) is 0.231. The normalized spacial score (nSPS) is 10.5. The van der Waals surface area contributed by atoms with E-state index in [1.165, 1.54) is 0 Å². The highest BCUT2D eigenvalue weighted by atomic mass is 35.5. The number of ether oxygens (including phenoxy) is 1. The molecule has 0 atom stereocenters. The highest BCUT2D eigenvalue weighted by Gasteiger charge is 2.10. The van der Waals surface area contributed by atoms with Crippen molar-refractivity contribution in [2.75, 3.05) is 12.3 Å². The predicted octanol–water partition coefficient (Wildman–Crippen LogP) is 2.35. The zero-order chi connectivity index (χ0) is 13.8. The van der Waals surface area contributed by atoms with Gasteiger partial charge in [-0.2, -0.15) is 4.98 Å². The van der Waals surface area contributed by atoms with Gasteiger partial charge in [0.05, 0.1) is 5.69 Å². The number of halogens is 1. The summed E-state index contributed by atoms with van der Waals surface area (Å²) < 4.78 is 5.58. The highest BCUT2D eigenvalue weighted by molar-refractivity contribution is 6.28. The second kappa shape index (κ2) is 5.86. The molecule has 0 radical (unpaired) electrons. The number of rotatable bonds is 4. The number of nitrogen functional groups attached to an aromatic ring is 1. The van der Waals surface area contributed by atoms with Gasteiger partial charge in [-0.15, -0.1) is 0 Å². The molecule has 0 unspecified atom stereocenters. The Morgan fingerprint density at radius 3 is 2.58 bits per heavy atom. The first-order valence-corrected chi connectivity index (χ1v) is 6.15. The minimum Gasteiger partial charge on any atom is -0.437 e. The van der Waals surface area contributed by atoms with Gasteiger partial charge in [-0.1, -0.05) is 12.1 Å². The molecule has 0 aliphatic heterocycles. The average Bonchev–Trinajstić information content (AvgIpc) is 2.38. The summed E-state index contributed by atoms with van der Waals surface area (Å²) in [6.45, 7) is 1.86. The van der Waals surface area contributed by atoms with Crippen molar-refractivity contribution in [3.8, 4) is 11.6 Å². The van der Waals surface area contributed by atoms with Crippen LogP contribution in [0.4, 0.5) is 5.69 Å². The number of aromatic nitrogens is 2. The minimum atomic E-state index is 0.0959. The van der Waals surface area contributed by atoms with Crippen molar-refractivity contribution in [3.63, 3.8) is 0 Å². The van der Waals surface area contributed by atoms with Gasteiger partial charge < -0.3 is 15.6 Å². The van der Waals surface area contributed by atoms with E-state index in [9.17, 15) is 0 Å². The molecule has 0 fully saturated rings. The molecule has 0 amide bonds. The third-order valence-corrected chi connectivity index (χ3v) is 2.78. The van der Waals surface area contributed by atoms with Gasteiger partial charge >= 0.3 is 0 Å². The first-order chi connectivity index (χ1) is 9.10. The number of benzene rings is 1. The Kier molecular flexibility index (Phi) is 4.19. The number of aliphatic hydroxyl groups excluding tert-OH is 1. The molecular formula is C13H14ClN3O2. The molecule has 2 aromatic rings. The number of aryl methyl sites for hydroxylation is 1. The number of nitrogens with two attached hydrogens (primary N) is 1. The van der Waals surface area contributed by atoms with Crippen LogP contribution in [0.3, 0.4) is 0 Å². The summed E-state index contributed by atoms with van der Waals surface area (Å²) in [5.74, 6) is 0.843. The minimum absolute atomic E-state index is 0.0959. The molecular weight excluding hydrogens is 266 g/mol. The third-order valence-electron chi connectivity index (χ3n) is 2.61. The van der Waals surface area contributed by atoms with E-state index in [2.05, 4.69) is 9.97 Å². The quantitative estimate of drug-likeness (QED) is 0.840. The van der Waals surface area contributed by atoms with Crippen LogP contribution in [0.5, 0.6) is 11.6 Å². The molecule has 1 heterocycles. The molecule has 0 spiro atoms. The lowest BCUT2D eigenvalue weighted by Crippen LogP contribution is -2.01. The summed E-state index contributed by atoms with van der Waals surface area (Å²) in [4.78, 5) is 7.89. The smallest absolute Gasteiger partial charge is 0.247 e. The fourth-order valence-electron chi connectivity index (χ4n) is 1.57. The molecule has 2 rings (SSSR count). The Hall–Kier alpha value is -1.85. The van der Waals surface area contributed by atoms with Crippen LogP contribution >= 0.6 is 11.6 Å². The van der Waals surface area contributed by atoms with E-state index >= 15 is 0 Å². The maximum absolute atomic E-state index is 8.84. The number of aliphatic hydroxyl groups is 1. The van der Waals surface area contributed by atoms with Gasteiger partial charge in [0, 0.05) is 6.61 Å². The van der Waals surface area contributed by atoms with E-state index in [1.807, 2.05) is 12.1 Å². The van der Waals surface area contributed by atoms with E-state index in [4.69, 9.17) is 27.2 Å². The standard InChI is InChI=1S/C13H14ClN3O2/c1-8-11(15)12(17-13(14)16-8)19-10-4-2-9(3-5-10)6-7-18/h2-5,18H,6-7,15H2,1H3.